The second-order valence-electron chi connectivity index (χ2n) is 25.4. The Hall–Kier alpha value is -14.4. The van der Waals surface area contributed by atoms with Crippen LogP contribution in [0.3, 0.4) is 0 Å². The van der Waals surface area contributed by atoms with Crippen LogP contribution in [0.2, 0.25) is 0 Å². The minimum atomic E-state index is -2.42. The van der Waals surface area contributed by atoms with Crippen LogP contribution in [-0.2, 0) is 0 Å². The van der Waals surface area contributed by atoms with Crippen LogP contribution in [0.25, 0.3) is 50.8 Å². The number of nitrogens with zero attached hydrogens (tertiary/aromatic N) is 13. The second kappa shape index (κ2) is 32.9. The van der Waals surface area contributed by atoms with E-state index in [1.807, 2.05) is 160 Å². The summed E-state index contributed by atoms with van der Waals surface area (Å²) in [5.74, 6) is -0.243. The fourth-order valence-corrected chi connectivity index (χ4v) is 11.4. The van der Waals surface area contributed by atoms with Crippen molar-refractivity contribution < 1.29 is 25.3 Å². The van der Waals surface area contributed by atoms with Crippen LogP contribution in [0.15, 0.2) is 269 Å². The lowest BCUT2D eigenvalue weighted by Gasteiger charge is -2.13. The van der Waals surface area contributed by atoms with E-state index in [0.29, 0.717) is 51.3 Å². The van der Waals surface area contributed by atoms with Gasteiger partial charge in [-0.15, -0.1) is 0 Å². The highest BCUT2D eigenvalue weighted by atomic mass is 16.2. The number of nitrogens with one attached hydrogen (secondary N) is 6. The van der Waals surface area contributed by atoms with Crippen LogP contribution in [0.1, 0.15) is 92.2 Å². The van der Waals surface area contributed by atoms with Crippen LogP contribution in [0.4, 0.5) is 52.0 Å². The summed E-state index contributed by atoms with van der Waals surface area (Å²) in [4.78, 5) is 82.8. The largest absolute Gasteiger partial charge is 0.324 e. The number of amides is 3. The first kappa shape index (κ1) is 62.2. The average molecular weight is 1430 g/mol. The predicted molar refractivity (Wildman–Crippen MR) is 427 cm³/mol. The summed E-state index contributed by atoms with van der Waals surface area (Å²) in [6.07, 6.45) is 23.0. The molecule has 0 unspecified atom stereocenters. The Morgan fingerprint density at radius 2 is 0.787 bits per heavy atom. The molecule has 0 aliphatic heterocycles. The minimum absolute atomic E-state index is 0.0442. The summed E-state index contributed by atoms with van der Waals surface area (Å²) in [5, 5.41) is 18.0. The van der Waals surface area contributed by atoms with Crippen molar-refractivity contribution >= 4 is 69.7 Å². The maximum Gasteiger partial charge on any atom is 0.255 e. The number of benzene rings is 6. The first-order chi connectivity index (χ1) is 55.6. The molecule has 0 spiro atoms. The smallest absolute Gasteiger partial charge is 0.255 e. The van der Waals surface area contributed by atoms with Crippen molar-refractivity contribution in [2.75, 3.05) is 31.9 Å². The highest BCUT2D eigenvalue weighted by molar-refractivity contribution is 6.07. The molecule has 0 saturated heterocycles. The van der Waals surface area contributed by atoms with E-state index >= 15 is 0 Å². The summed E-state index contributed by atoms with van der Waals surface area (Å²) in [6, 6.07) is 51.3. The van der Waals surface area contributed by atoms with E-state index in [4.69, 9.17) is 11.0 Å². The van der Waals surface area contributed by atoms with Gasteiger partial charge in [0.2, 0.25) is 17.8 Å². The molecule has 9 heterocycles. The Balaban J connectivity index is 0.000000151. The number of anilines is 9. The molecule has 15 rings (SSSR count). The van der Waals surface area contributed by atoms with Gasteiger partial charge in [0.25, 0.3) is 17.7 Å². The van der Waals surface area contributed by atoms with Crippen molar-refractivity contribution in [3.05, 3.63) is 336 Å². The first-order valence-electron chi connectivity index (χ1n) is 38.1. The molecule has 0 aliphatic rings. The highest BCUT2D eigenvalue weighted by Crippen LogP contribution is 2.30. The molecule has 0 bridgehead atoms. The Bertz CT molecular complexity index is 5870. The summed E-state index contributed by atoms with van der Waals surface area (Å²) in [6.45, 7) is 8.64. The normalized spacial score (nSPS) is 12.1. The molecule has 3 amide bonds. The van der Waals surface area contributed by atoms with Gasteiger partial charge >= 0.3 is 0 Å². The van der Waals surface area contributed by atoms with Gasteiger partial charge in [0.15, 0.2) is 0 Å². The monoisotopic (exact) mass is 1430 g/mol. The van der Waals surface area contributed by atoms with Crippen molar-refractivity contribution in [3.8, 4) is 50.8 Å². The highest BCUT2D eigenvalue weighted by Gasteiger charge is 2.17. The third-order valence-corrected chi connectivity index (χ3v) is 16.7. The average Bonchev–Trinajstić information content (AvgIpc) is 0.912. The molecule has 15 aromatic rings. The molecule has 9 aromatic heterocycles. The van der Waals surface area contributed by atoms with E-state index < -0.39 is 19.6 Å². The second-order valence-corrected chi connectivity index (χ2v) is 25.4. The number of rotatable bonds is 18. The lowest BCUT2D eigenvalue weighted by molar-refractivity contribution is 0.101. The van der Waals surface area contributed by atoms with Crippen molar-refractivity contribution in [1.29, 1.82) is 0 Å². The quantitative estimate of drug-likeness (QED) is 0.0466. The zero-order chi connectivity index (χ0) is 82.0. The number of hydrogen-bond acceptors (Lipinski definition) is 16. The molecule has 6 aromatic carbocycles. The Morgan fingerprint density at radius 3 is 1.15 bits per heavy atom. The molecule has 6 N–H and O–H groups in total. The van der Waals surface area contributed by atoms with Gasteiger partial charge in [-0.3, -0.25) is 29.3 Å². The Labute approximate surface area is 636 Å². The van der Waals surface area contributed by atoms with E-state index in [1.54, 1.807) is 122 Å². The van der Waals surface area contributed by atoms with Crippen molar-refractivity contribution in [2.45, 2.75) is 62.2 Å². The molecule has 534 valence electrons. The number of aromatic nitrogens is 13. The van der Waals surface area contributed by atoms with E-state index in [0.717, 1.165) is 72.8 Å². The number of carbonyl (C=O) groups excluding carboxylic acids is 3. The van der Waals surface area contributed by atoms with Gasteiger partial charge in [0, 0.05) is 179 Å². The first-order valence-corrected chi connectivity index (χ1v) is 34.1. The lowest BCUT2D eigenvalue weighted by Crippen LogP contribution is -2.13. The molecular weight excluding hydrogens is 1350 g/mol. The van der Waals surface area contributed by atoms with E-state index in [-0.39, 0.29) is 69.7 Å². The van der Waals surface area contributed by atoms with Crippen LogP contribution in [0, 0.1) is 62.2 Å². The summed E-state index contributed by atoms with van der Waals surface area (Å²) in [5.41, 5.74) is 17.5. The van der Waals surface area contributed by atoms with Gasteiger partial charge in [-0.05, 0) is 264 Å². The lowest BCUT2D eigenvalue weighted by atomic mass is 10.1. The molecular formula is C86H77N19O3. The van der Waals surface area contributed by atoms with Crippen molar-refractivity contribution in [3.63, 3.8) is 0 Å². The van der Waals surface area contributed by atoms with Gasteiger partial charge in [-0.25, -0.2) is 34.9 Å². The summed E-state index contributed by atoms with van der Waals surface area (Å²) < 4.78 is 69.8. The van der Waals surface area contributed by atoms with Gasteiger partial charge in [0.05, 0.1) is 31.8 Å². The zero-order valence-electron chi connectivity index (χ0n) is 67.8. The van der Waals surface area contributed by atoms with Crippen LogP contribution in [-0.4, -0.2) is 81.3 Å². The van der Waals surface area contributed by atoms with Crippen LogP contribution < -0.4 is 31.9 Å². The maximum atomic E-state index is 13.3. The fourth-order valence-electron chi connectivity index (χ4n) is 11.4. The van der Waals surface area contributed by atoms with Gasteiger partial charge in [-0.2, -0.15) is 0 Å². The molecule has 0 fully saturated rings. The number of imidazole rings is 1. The van der Waals surface area contributed by atoms with Gasteiger partial charge in [-0.1, -0.05) is 18.2 Å². The summed E-state index contributed by atoms with van der Waals surface area (Å²) in [7, 11) is 0. The number of aryl methyl sites for hydroxylation is 9. The van der Waals surface area contributed by atoms with Crippen LogP contribution >= 0.6 is 0 Å². The molecule has 22 nitrogen and oxygen atoms in total. The molecule has 0 aliphatic carbocycles. The van der Waals surface area contributed by atoms with E-state index in [1.165, 1.54) is 36.4 Å². The molecule has 0 atom stereocenters. The van der Waals surface area contributed by atoms with Crippen molar-refractivity contribution in [1.82, 2.24) is 63.5 Å². The fraction of sp³-hybridized carbons (Fsp3) is 0.105. The maximum absolute atomic E-state index is 13.3. The van der Waals surface area contributed by atoms with Crippen molar-refractivity contribution in [2.24, 2.45) is 0 Å². The predicted octanol–water partition coefficient (Wildman–Crippen LogP) is 18.1. The van der Waals surface area contributed by atoms with E-state index in [2.05, 4.69) is 81.7 Å². The third kappa shape index (κ3) is 18.5. The van der Waals surface area contributed by atoms with Crippen LogP contribution in [0.5, 0.6) is 0 Å². The van der Waals surface area contributed by atoms with Gasteiger partial charge in [0.1, 0.15) is 0 Å². The standard InChI is InChI=1S/2C29H26N6O.C28H25N7O/c2*1-19-9-12-35(18-19)25-14-20(2)13-24(16-25)32-28(36)22-7-6-21(3)27(15-22)34-29-31-11-8-26(33-29)23-5-4-10-30-17-23;1-18-11-23(14-24(12-18)35-16-20(3)31-17-35)32-27(36)21-7-6-19(2)26(13-21)34-28-30-10-8-25(33-28)22-5-4-9-29-15-22/h2*4-18H,1-3H3,(H,32,36)(H,31,33,34);4-17H,1-3H3,(H,32,36)(H,30,33,34)/i12D,18D;3D3;2D3. The molecule has 0 saturated carbocycles. The zero-order valence-corrected chi connectivity index (χ0v) is 59.8. The molecule has 0 radical (unpaired) electrons. The van der Waals surface area contributed by atoms with E-state index in [9.17, 15) is 14.4 Å². The number of hydrogen-bond donors (Lipinski definition) is 6. The topological polar surface area (TPSA) is 267 Å². The Kier molecular flexibility index (Phi) is 19.0. The third-order valence-electron chi connectivity index (χ3n) is 16.7. The SMILES string of the molecule is [2H]C([2H])([2H])c1ccc(C(=O)Nc2cc(C)cc(-n3ccc(C)c3)c2)cc1Nc1nccc(-c2cccnc2)n1.[2H]C([2H])([2H])c1ccc(C(=O)Nc2cc(C)cc(-n3cnc(C)c3)c2)cc1Nc1nccc(-c2cccnc2)n1.[2H]c1cc(C)c([2H])n1-c1cc(C)cc(NC(=O)c2ccc(C)c(Nc3nccc(-c4cccnc4)n3)c2)c1. The number of carbonyl (C=O) groups is 3. The minimum Gasteiger partial charge on any atom is -0.324 e. The summed E-state index contributed by atoms with van der Waals surface area (Å²) >= 11 is 0. The Morgan fingerprint density at radius 1 is 0.380 bits per heavy atom. The molecule has 108 heavy (non-hydrogen) atoms. The molecule has 22 heteroatoms. The van der Waals surface area contributed by atoms with Gasteiger partial charge < -0.3 is 45.6 Å². The number of pyridine rings is 3.